The van der Waals surface area contributed by atoms with E-state index in [-0.39, 0.29) is 6.42 Å². The summed E-state index contributed by atoms with van der Waals surface area (Å²) < 4.78 is 27.2. The zero-order valence-electron chi connectivity index (χ0n) is 10.2. The minimum Gasteiger partial charge on any atom is -0.295 e. The number of hydrogen-bond acceptors (Lipinski definition) is 2. The summed E-state index contributed by atoms with van der Waals surface area (Å²) in [7, 11) is -1.98. The first-order chi connectivity index (χ1) is 8.50. The predicted molar refractivity (Wildman–Crippen MR) is 69.4 cm³/mol. The van der Waals surface area contributed by atoms with Crippen LogP contribution >= 0.6 is 0 Å². The molecule has 3 unspecified atom stereocenters. The number of benzene rings is 1. The van der Waals surface area contributed by atoms with Crippen molar-refractivity contribution in [2.45, 2.75) is 29.7 Å². The average molecular weight is 266 g/mol. The lowest BCUT2D eigenvalue weighted by atomic mass is 10.1. The zero-order valence-corrected chi connectivity index (χ0v) is 11.0. The van der Waals surface area contributed by atoms with Gasteiger partial charge in [-0.3, -0.25) is 9.00 Å². The zero-order chi connectivity index (χ0) is 13.3. The molecule has 18 heavy (non-hydrogen) atoms. The molecular weight excluding hydrogens is 251 g/mol. The molecule has 2 nitrogen and oxygen atoms in total. The molecule has 0 aromatic heterocycles. The third-order valence-electron chi connectivity index (χ3n) is 3.33. The van der Waals surface area contributed by atoms with Crippen molar-refractivity contribution in [3.63, 3.8) is 0 Å². The van der Waals surface area contributed by atoms with Gasteiger partial charge in [0.25, 0.3) is 5.00 Å². The van der Waals surface area contributed by atoms with Crippen molar-refractivity contribution in [3.05, 3.63) is 42.5 Å². The molecule has 0 bridgehead atoms. The second-order valence-electron chi connectivity index (χ2n) is 4.53. The highest BCUT2D eigenvalue weighted by Crippen LogP contribution is 2.42. The van der Waals surface area contributed by atoms with E-state index < -0.39 is 27.5 Å². The van der Waals surface area contributed by atoms with Crippen molar-refractivity contribution in [1.29, 1.82) is 0 Å². The Labute approximate surface area is 108 Å². The Morgan fingerprint density at radius 2 is 2.06 bits per heavy atom. The lowest BCUT2D eigenvalue weighted by Crippen LogP contribution is -2.39. The van der Waals surface area contributed by atoms with Gasteiger partial charge in [-0.15, -0.1) is 6.58 Å². The molecule has 1 aliphatic rings. The molecule has 0 radical (unpaired) electrons. The molecule has 0 saturated heterocycles. The third kappa shape index (κ3) is 1.94. The SMILES string of the molecule is C=CC1CCC(=O)C1(F)S(=O)c1ccc(C)cc1. The number of carbonyl (C=O) groups is 1. The number of ketones is 1. The van der Waals surface area contributed by atoms with Gasteiger partial charge in [0, 0.05) is 17.2 Å². The Balaban J connectivity index is 2.40. The second-order valence-corrected chi connectivity index (χ2v) is 6.13. The molecule has 0 heterocycles. The molecule has 0 aliphatic heterocycles. The van der Waals surface area contributed by atoms with Gasteiger partial charge >= 0.3 is 0 Å². The fraction of sp³-hybridized carbons (Fsp3) is 0.357. The van der Waals surface area contributed by atoms with Gasteiger partial charge < -0.3 is 0 Å². The quantitative estimate of drug-likeness (QED) is 0.788. The highest BCUT2D eigenvalue weighted by atomic mass is 32.2. The first-order valence-corrected chi connectivity index (χ1v) is 6.98. The Hall–Kier alpha value is -1.29. The maximum absolute atomic E-state index is 14.8. The highest BCUT2D eigenvalue weighted by molar-refractivity contribution is 7.87. The molecule has 96 valence electrons. The number of Topliss-reactive ketones (excluding diaryl/α,β-unsaturated/α-hetero) is 1. The van der Waals surface area contributed by atoms with Gasteiger partial charge in [-0.1, -0.05) is 23.8 Å². The molecule has 1 aliphatic carbocycles. The minimum atomic E-state index is -2.31. The van der Waals surface area contributed by atoms with Crippen LogP contribution < -0.4 is 0 Å². The lowest BCUT2D eigenvalue weighted by Gasteiger charge is -2.22. The van der Waals surface area contributed by atoms with Crippen molar-refractivity contribution in [2.24, 2.45) is 5.92 Å². The standard InChI is InChI=1S/C14H15FO2S/c1-3-11-6-9-13(16)14(11,15)18(17)12-7-4-10(2)5-8-12/h3-5,7-8,11H,1,6,9H2,2H3. The van der Waals surface area contributed by atoms with E-state index in [2.05, 4.69) is 6.58 Å². The van der Waals surface area contributed by atoms with Crippen LogP contribution in [0.5, 0.6) is 0 Å². The van der Waals surface area contributed by atoms with Crippen molar-refractivity contribution >= 4 is 16.6 Å². The fourth-order valence-electron chi connectivity index (χ4n) is 2.19. The molecular formula is C14H15FO2S. The number of halogens is 1. The Morgan fingerprint density at radius 1 is 1.44 bits per heavy atom. The number of allylic oxidation sites excluding steroid dienone is 1. The van der Waals surface area contributed by atoms with E-state index >= 15 is 0 Å². The van der Waals surface area contributed by atoms with Crippen molar-refractivity contribution in [1.82, 2.24) is 0 Å². The molecule has 1 saturated carbocycles. The Morgan fingerprint density at radius 3 is 2.61 bits per heavy atom. The van der Waals surface area contributed by atoms with E-state index in [0.717, 1.165) is 5.56 Å². The summed E-state index contributed by atoms with van der Waals surface area (Å²) in [6.07, 6.45) is 1.91. The van der Waals surface area contributed by atoms with Crippen molar-refractivity contribution in [3.8, 4) is 0 Å². The van der Waals surface area contributed by atoms with E-state index in [1.807, 2.05) is 6.92 Å². The van der Waals surface area contributed by atoms with Gasteiger partial charge in [0.1, 0.15) is 0 Å². The number of carbonyl (C=O) groups excluding carboxylic acids is 1. The number of hydrogen-bond donors (Lipinski definition) is 0. The van der Waals surface area contributed by atoms with E-state index in [1.54, 1.807) is 24.3 Å². The van der Waals surface area contributed by atoms with Crippen LogP contribution in [0, 0.1) is 12.8 Å². The Kier molecular flexibility index (Phi) is 3.48. The van der Waals surface area contributed by atoms with Crippen molar-refractivity contribution < 1.29 is 13.4 Å². The molecule has 0 amide bonds. The van der Waals surface area contributed by atoms with Gasteiger partial charge in [0.2, 0.25) is 0 Å². The molecule has 0 N–H and O–H groups in total. The maximum Gasteiger partial charge on any atom is 0.252 e. The van der Waals surface area contributed by atoms with Crippen LogP contribution in [-0.4, -0.2) is 15.0 Å². The van der Waals surface area contributed by atoms with Crippen LogP contribution in [0.25, 0.3) is 0 Å². The van der Waals surface area contributed by atoms with Gasteiger partial charge in [-0.25, -0.2) is 4.39 Å². The smallest absolute Gasteiger partial charge is 0.252 e. The lowest BCUT2D eigenvalue weighted by molar-refractivity contribution is -0.123. The number of rotatable bonds is 3. The van der Waals surface area contributed by atoms with Crippen LogP contribution in [0.2, 0.25) is 0 Å². The van der Waals surface area contributed by atoms with Gasteiger partial charge in [-0.2, -0.15) is 0 Å². The van der Waals surface area contributed by atoms with E-state index in [0.29, 0.717) is 11.3 Å². The topological polar surface area (TPSA) is 34.1 Å². The molecule has 2 rings (SSSR count). The third-order valence-corrected chi connectivity index (χ3v) is 5.10. The maximum atomic E-state index is 14.8. The molecule has 1 aromatic carbocycles. The Bertz CT molecular complexity index is 509. The van der Waals surface area contributed by atoms with Crippen LogP contribution in [-0.2, 0) is 15.6 Å². The number of aryl methyl sites for hydroxylation is 1. The summed E-state index contributed by atoms with van der Waals surface area (Å²) >= 11 is 0. The monoisotopic (exact) mass is 266 g/mol. The molecule has 0 spiro atoms. The number of alkyl halides is 1. The summed E-state index contributed by atoms with van der Waals surface area (Å²) in [5, 5.41) is -2.31. The van der Waals surface area contributed by atoms with E-state index in [4.69, 9.17) is 0 Å². The van der Waals surface area contributed by atoms with Crippen LogP contribution in [0.3, 0.4) is 0 Å². The fourth-order valence-corrected chi connectivity index (χ4v) is 3.72. The van der Waals surface area contributed by atoms with Crippen LogP contribution in [0.1, 0.15) is 18.4 Å². The van der Waals surface area contributed by atoms with Gasteiger partial charge in [0.15, 0.2) is 5.78 Å². The van der Waals surface area contributed by atoms with E-state index in [9.17, 15) is 13.4 Å². The van der Waals surface area contributed by atoms with Crippen molar-refractivity contribution in [2.75, 3.05) is 0 Å². The van der Waals surface area contributed by atoms with Gasteiger partial charge in [0.05, 0.1) is 10.8 Å². The first kappa shape index (κ1) is 13.1. The van der Waals surface area contributed by atoms with E-state index in [1.165, 1.54) is 6.08 Å². The molecule has 4 heteroatoms. The summed E-state index contributed by atoms with van der Waals surface area (Å²) in [5.41, 5.74) is 1.00. The van der Waals surface area contributed by atoms with Crippen LogP contribution in [0.4, 0.5) is 4.39 Å². The normalized spacial score (nSPS) is 29.2. The molecule has 1 aromatic rings. The largest absolute Gasteiger partial charge is 0.295 e. The molecule has 3 atom stereocenters. The summed E-state index contributed by atoms with van der Waals surface area (Å²) in [6, 6.07) is 6.74. The highest BCUT2D eigenvalue weighted by Gasteiger charge is 2.54. The second kappa shape index (κ2) is 4.76. The minimum absolute atomic E-state index is 0.130. The van der Waals surface area contributed by atoms with Gasteiger partial charge in [-0.05, 0) is 25.5 Å². The average Bonchev–Trinajstić information content (AvgIpc) is 2.67. The summed E-state index contributed by atoms with van der Waals surface area (Å²) in [6.45, 7) is 5.43. The summed E-state index contributed by atoms with van der Waals surface area (Å²) in [4.78, 5) is 12.1. The summed E-state index contributed by atoms with van der Waals surface area (Å²) in [5.74, 6) is -1.24. The predicted octanol–water partition coefficient (Wildman–Crippen LogP) is 2.93. The van der Waals surface area contributed by atoms with Crippen LogP contribution in [0.15, 0.2) is 41.8 Å². The molecule has 1 fully saturated rings. The first-order valence-electron chi connectivity index (χ1n) is 5.83.